The van der Waals surface area contributed by atoms with Gasteiger partial charge in [-0.2, -0.15) is 5.10 Å². The molecule has 1 saturated carbocycles. The molecule has 0 spiro atoms. The van der Waals surface area contributed by atoms with E-state index in [1.54, 1.807) is 13.1 Å². The van der Waals surface area contributed by atoms with Crippen molar-refractivity contribution in [3.05, 3.63) is 29.9 Å². The zero-order valence-electron chi connectivity index (χ0n) is 12.8. The highest BCUT2D eigenvalue weighted by molar-refractivity contribution is 5.95. The Balaban J connectivity index is 1.63. The third-order valence-corrected chi connectivity index (χ3v) is 3.98. The van der Waals surface area contributed by atoms with Gasteiger partial charge in [-0.25, -0.2) is 0 Å². The van der Waals surface area contributed by atoms with Crippen LogP contribution in [0.2, 0.25) is 0 Å². The first-order chi connectivity index (χ1) is 10.7. The van der Waals surface area contributed by atoms with E-state index >= 15 is 0 Å². The van der Waals surface area contributed by atoms with Crippen molar-refractivity contribution in [3.63, 3.8) is 0 Å². The van der Waals surface area contributed by atoms with Gasteiger partial charge in [0, 0.05) is 6.54 Å². The van der Waals surface area contributed by atoms with Gasteiger partial charge in [0.15, 0.2) is 5.75 Å². The number of carbonyl (C=O) groups is 1. The summed E-state index contributed by atoms with van der Waals surface area (Å²) in [5.74, 6) is 0.581. The van der Waals surface area contributed by atoms with E-state index < -0.39 is 0 Å². The zero-order valence-corrected chi connectivity index (χ0v) is 12.8. The van der Waals surface area contributed by atoms with Crippen molar-refractivity contribution < 1.29 is 14.1 Å². The summed E-state index contributed by atoms with van der Waals surface area (Å²) in [6.45, 7) is 4.58. The van der Waals surface area contributed by atoms with Crippen LogP contribution in [0.5, 0.6) is 5.75 Å². The molecule has 2 atom stereocenters. The van der Waals surface area contributed by atoms with E-state index in [1.807, 2.05) is 17.8 Å². The smallest absolute Gasteiger partial charge is 0.256 e. The second-order valence-electron chi connectivity index (χ2n) is 5.51. The fourth-order valence-electron chi connectivity index (χ4n) is 2.74. The first-order valence-electron chi connectivity index (χ1n) is 7.58. The molecule has 0 unspecified atom stereocenters. The zero-order chi connectivity index (χ0) is 15.5. The van der Waals surface area contributed by atoms with Crippen LogP contribution >= 0.6 is 0 Å². The van der Waals surface area contributed by atoms with Gasteiger partial charge in [0.2, 0.25) is 0 Å². The van der Waals surface area contributed by atoms with Gasteiger partial charge < -0.3 is 14.6 Å². The number of hydrogen-bond donors (Lipinski definition) is 1. The summed E-state index contributed by atoms with van der Waals surface area (Å²) in [4.78, 5) is 12.2. The Labute approximate surface area is 128 Å². The van der Waals surface area contributed by atoms with Crippen LogP contribution in [0.15, 0.2) is 23.2 Å². The summed E-state index contributed by atoms with van der Waals surface area (Å²) < 4.78 is 12.6. The molecule has 1 amide bonds. The average Bonchev–Trinajstić information content (AvgIpc) is 3.22. The molecule has 7 heteroatoms. The standard InChI is InChI=1S/C15H20N4O3/c1-3-19-8-11(7-16-19)22-14-6-4-5-13(14)17-15(20)12-9-21-18-10(12)2/h7-9,13-14H,3-6H2,1-2H3,(H,17,20)/t13-,14+/m0/s1. The van der Waals surface area contributed by atoms with Crippen molar-refractivity contribution in [1.82, 2.24) is 20.3 Å². The lowest BCUT2D eigenvalue weighted by molar-refractivity contribution is 0.0893. The maximum absolute atomic E-state index is 12.2. The van der Waals surface area contributed by atoms with E-state index in [0.29, 0.717) is 11.3 Å². The Kier molecular flexibility index (Phi) is 4.13. The van der Waals surface area contributed by atoms with Crippen molar-refractivity contribution in [2.45, 2.75) is 51.8 Å². The molecule has 2 heterocycles. The first-order valence-corrected chi connectivity index (χ1v) is 7.58. The van der Waals surface area contributed by atoms with E-state index in [4.69, 9.17) is 9.26 Å². The maximum atomic E-state index is 12.2. The number of hydrogen-bond acceptors (Lipinski definition) is 5. The lowest BCUT2D eigenvalue weighted by Gasteiger charge is -2.21. The molecule has 0 aliphatic heterocycles. The summed E-state index contributed by atoms with van der Waals surface area (Å²) in [7, 11) is 0. The number of nitrogens with zero attached hydrogens (tertiary/aromatic N) is 3. The summed E-state index contributed by atoms with van der Waals surface area (Å²) in [5.41, 5.74) is 1.07. The molecule has 2 aromatic rings. The average molecular weight is 304 g/mol. The largest absolute Gasteiger partial charge is 0.485 e. The van der Waals surface area contributed by atoms with E-state index in [-0.39, 0.29) is 18.1 Å². The Morgan fingerprint density at radius 1 is 1.55 bits per heavy atom. The molecule has 7 nitrogen and oxygen atoms in total. The number of aromatic nitrogens is 3. The maximum Gasteiger partial charge on any atom is 0.256 e. The van der Waals surface area contributed by atoms with Gasteiger partial charge in [0.25, 0.3) is 5.91 Å². The van der Waals surface area contributed by atoms with E-state index in [0.717, 1.165) is 31.6 Å². The van der Waals surface area contributed by atoms with Gasteiger partial charge in [-0.1, -0.05) is 5.16 Å². The van der Waals surface area contributed by atoms with E-state index in [1.165, 1.54) is 6.26 Å². The molecule has 0 aromatic carbocycles. The van der Waals surface area contributed by atoms with Gasteiger partial charge in [0.1, 0.15) is 17.9 Å². The predicted octanol–water partition coefficient (Wildman–Crippen LogP) is 1.93. The fraction of sp³-hybridized carbons (Fsp3) is 0.533. The molecule has 1 fully saturated rings. The van der Waals surface area contributed by atoms with Gasteiger partial charge in [-0.15, -0.1) is 0 Å². The molecule has 0 bridgehead atoms. The minimum absolute atomic E-state index is 0.00761. The van der Waals surface area contributed by atoms with E-state index in [9.17, 15) is 4.79 Å². The van der Waals surface area contributed by atoms with Crippen LogP contribution in [0.3, 0.4) is 0 Å². The quantitative estimate of drug-likeness (QED) is 0.912. The van der Waals surface area contributed by atoms with Gasteiger partial charge in [-0.05, 0) is 33.1 Å². The third-order valence-electron chi connectivity index (χ3n) is 3.98. The highest BCUT2D eigenvalue weighted by atomic mass is 16.5. The molecule has 1 N–H and O–H groups in total. The fourth-order valence-corrected chi connectivity index (χ4v) is 2.74. The molecule has 0 saturated heterocycles. The van der Waals surface area contributed by atoms with Crippen molar-refractivity contribution >= 4 is 5.91 Å². The number of carbonyl (C=O) groups excluding carboxylic acids is 1. The van der Waals surface area contributed by atoms with Crippen molar-refractivity contribution in [2.24, 2.45) is 0 Å². The van der Waals surface area contributed by atoms with Crippen molar-refractivity contribution in [3.8, 4) is 5.75 Å². The Bertz CT molecular complexity index is 649. The van der Waals surface area contributed by atoms with Gasteiger partial charge in [0.05, 0.1) is 24.1 Å². The molecule has 118 valence electrons. The molecule has 0 radical (unpaired) electrons. The molecule has 22 heavy (non-hydrogen) atoms. The van der Waals surface area contributed by atoms with Gasteiger partial charge >= 0.3 is 0 Å². The summed E-state index contributed by atoms with van der Waals surface area (Å²) in [6, 6.07) is -0.00761. The van der Waals surface area contributed by atoms with Crippen LogP contribution in [-0.2, 0) is 6.54 Å². The number of amides is 1. The number of rotatable bonds is 5. The topological polar surface area (TPSA) is 82.2 Å². The highest BCUT2D eigenvalue weighted by Crippen LogP contribution is 2.25. The second-order valence-corrected chi connectivity index (χ2v) is 5.51. The predicted molar refractivity (Wildman–Crippen MR) is 78.7 cm³/mol. The van der Waals surface area contributed by atoms with Gasteiger partial charge in [-0.3, -0.25) is 9.48 Å². The molecular weight excluding hydrogens is 284 g/mol. The molecule has 1 aliphatic carbocycles. The number of ether oxygens (including phenoxy) is 1. The molecular formula is C15H20N4O3. The van der Waals surface area contributed by atoms with Crippen LogP contribution in [-0.4, -0.2) is 33.0 Å². The minimum Gasteiger partial charge on any atom is -0.485 e. The van der Waals surface area contributed by atoms with Crippen LogP contribution < -0.4 is 10.1 Å². The highest BCUT2D eigenvalue weighted by Gasteiger charge is 2.31. The Morgan fingerprint density at radius 3 is 3.09 bits per heavy atom. The number of aryl methyl sites for hydroxylation is 2. The molecule has 2 aromatic heterocycles. The van der Waals surface area contributed by atoms with Crippen molar-refractivity contribution in [2.75, 3.05) is 0 Å². The normalized spacial score (nSPS) is 21.0. The summed E-state index contributed by atoms with van der Waals surface area (Å²) in [6.07, 6.45) is 7.79. The minimum atomic E-state index is -0.163. The first kappa shape index (κ1) is 14.6. The Hall–Kier alpha value is -2.31. The molecule has 1 aliphatic rings. The lowest BCUT2D eigenvalue weighted by Crippen LogP contribution is -2.42. The van der Waals surface area contributed by atoms with Crippen LogP contribution in [0.4, 0.5) is 0 Å². The lowest BCUT2D eigenvalue weighted by atomic mass is 10.2. The number of nitrogens with one attached hydrogen (secondary N) is 1. The third kappa shape index (κ3) is 2.98. The summed E-state index contributed by atoms with van der Waals surface area (Å²) in [5, 5.41) is 11.0. The second kappa shape index (κ2) is 6.21. The SMILES string of the molecule is CCn1cc(O[C@@H]2CCC[C@@H]2NC(=O)c2conc2C)cn1. The van der Waals surface area contributed by atoms with E-state index in [2.05, 4.69) is 15.6 Å². The monoisotopic (exact) mass is 304 g/mol. The van der Waals surface area contributed by atoms with Crippen LogP contribution in [0, 0.1) is 6.92 Å². The van der Waals surface area contributed by atoms with Crippen LogP contribution in [0.25, 0.3) is 0 Å². The van der Waals surface area contributed by atoms with Crippen LogP contribution in [0.1, 0.15) is 42.2 Å². The molecule has 3 rings (SSSR count). The Morgan fingerprint density at radius 2 is 2.41 bits per heavy atom. The van der Waals surface area contributed by atoms with Crippen molar-refractivity contribution in [1.29, 1.82) is 0 Å². The summed E-state index contributed by atoms with van der Waals surface area (Å²) >= 11 is 0.